The van der Waals surface area contributed by atoms with E-state index in [-0.39, 0.29) is 0 Å². The maximum Gasteiger partial charge on any atom is 0.0442 e. The first-order valence-corrected chi connectivity index (χ1v) is 7.77. The lowest BCUT2D eigenvalue weighted by atomic mass is 10.0. The van der Waals surface area contributed by atoms with E-state index in [9.17, 15) is 0 Å². The highest BCUT2D eigenvalue weighted by Gasteiger charge is 2.22. The molecule has 0 aliphatic carbocycles. The molecule has 1 aromatic heterocycles. The zero-order valence-corrected chi connectivity index (χ0v) is 13.1. The van der Waals surface area contributed by atoms with Crippen LogP contribution >= 0.6 is 0 Å². The lowest BCUT2D eigenvalue weighted by molar-refractivity contribution is 0.252. The van der Waals surface area contributed by atoms with Crippen molar-refractivity contribution in [3.63, 3.8) is 0 Å². The Morgan fingerprint density at radius 1 is 1.40 bits per heavy atom. The van der Waals surface area contributed by atoms with Gasteiger partial charge in [-0.15, -0.1) is 0 Å². The van der Waals surface area contributed by atoms with Gasteiger partial charge in [-0.2, -0.15) is 0 Å². The van der Waals surface area contributed by atoms with Crippen LogP contribution in [-0.4, -0.2) is 49.7 Å². The summed E-state index contributed by atoms with van der Waals surface area (Å²) in [6.45, 7) is 6.56. The first-order valence-electron chi connectivity index (χ1n) is 7.77. The van der Waals surface area contributed by atoms with Gasteiger partial charge in [0.15, 0.2) is 0 Å². The molecular formula is C16H28N4. The van der Waals surface area contributed by atoms with E-state index in [2.05, 4.69) is 47.2 Å². The number of nitrogens with one attached hydrogen (secondary N) is 1. The smallest absolute Gasteiger partial charge is 0.0442 e. The Hall–Kier alpha value is -1.13. The summed E-state index contributed by atoms with van der Waals surface area (Å²) in [4.78, 5) is 9.16. The zero-order chi connectivity index (χ0) is 14.4. The molecule has 1 fully saturated rings. The summed E-state index contributed by atoms with van der Waals surface area (Å²) in [5, 5.41) is 3.48. The second-order valence-corrected chi connectivity index (χ2v) is 5.83. The van der Waals surface area contributed by atoms with Gasteiger partial charge in [-0.05, 0) is 52.0 Å². The van der Waals surface area contributed by atoms with Gasteiger partial charge in [0, 0.05) is 43.3 Å². The fraction of sp³-hybridized carbons (Fsp3) is 0.688. The Morgan fingerprint density at radius 2 is 2.15 bits per heavy atom. The number of hydrogen-bond acceptors (Lipinski definition) is 4. The highest BCUT2D eigenvalue weighted by atomic mass is 15.2. The van der Waals surface area contributed by atoms with Crippen LogP contribution in [0.2, 0.25) is 0 Å². The minimum atomic E-state index is 0.651. The van der Waals surface area contributed by atoms with Crippen LogP contribution in [0, 0.1) is 0 Å². The molecule has 20 heavy (non-hydrogen) atoms. The highest BCUT2D eigenvalue weighted by Crippen LogP contribution is 2.24. The largest absolute Gasteiger partial charge is 0.371 e. The normalized spacial score (nSPS) is 17.4. The number of nitrogens with zero attached hydrogens (tertiary/aromatic N) is 3. The SMILES string of the molecule is CCCNCc1cnccc1N(C)C1CCN(C)CC1. The lowest BCUT2D eigenvalue weighted by Gasteiger charge is -2.37. The maximum absolute atomic E-state index is 4.29. The van der Waals surface area contributed by atoms with Crippen molar-refractivity contribution >= 4 is 5.69 Å². The van der Waals surface area contributed by atoms with Gasteiger partial charge >= 0.3 is 0 Å². The molecule has 0 saturated carbocycles. The third-order valence-corrected chi connectivity index (χ3v) is 4.24. The van der Waals surface area contributed by atoms with Gasteiger partial charge < -0.3 is 15.1 Å². The minimum Gasteiger partial charge on any atom is -0.371 e. The Morgan fingerprint density at radius 3 is 2.85 bits per heavy atom. The third kappa shape index (κ3) is 3.93. The molecule has 0 amide bonds. The van der Waals surface area contributed by atoms with Crippen molar-refractivity contribution in [1.82, 2.24) is 15.2 Å². The predicted molar refractivity (Wildman–Crippen MR) is 85.2 cm³/mol. The number of hydrogen-bond donors (Lipinski definition) is 1. The minimum absolute atomic E-state index is 0.651. The second kappa shape index (κ2) is 7.60. The van der Waals surface area contributed by atoms with E-state index in [1.807, 2.05) is 12.4 Å². The molecule has 1 N–H and O–H groups in total. The molecule has 0 radical (unpaired) electrons. The molecule has 0 unspecified atom stereocenters. The first-order chi connectivity index (χ1) is 9.72. The molecule has 1 aromatic rings. The van der Waals surface area contributed by atoms with Crippen molar-refractivity contribution in [2.75, 3.05) is 38.6 Å². The van der Waals surface area contributed by atoms with Crippen LogP contribution in [0.4, 0.5) is 5.69 Å². The monoisotopic (exact) mass is 276 g/mol. The molecule has 0 bridgehead atoms. The van der Waals surface area contributed by atoms with Crippen molar-refractivity contribution in [2.45, 2.75) is 38.8 Å². The number of aromatic nitrogens is 1. The van der Waals surface area contributed by atoms with E-state index in [1.165, 1.54) is 43.6 Å². The van der Waals surface area contributed by atoms with E-state index in [0.29, 0.717) is 6.04 Å². The molecule has 0 spiro atoms. The van der Waals surface area contributed by atoms with Gasteiger partial charge in [-0.25, -0.2) is 0 Å². The van der Waals surface area contributed by atoms with Gasteiger partial charge in [0.05, 0.1) is 0 Å². The Labute approximate surface area is 123 Å². The van der Waals surface area contributed by atoms with Crippen LogP contribution in [0.15, 0.2) is 18.5 Å². The average molecular weight is 276 g/mol. The first kappa shape index (κ1) is 15.3. The van der Waals surface area contributed by atoms with Crippen molar-refractivity contribution in [3.8, 4) is 0 Å². The van der Waals surface area contributed by atoms with Gasteiger partial charge in [0.25, 0.3) is 0 Å². The second-order valence-electron chi connectivity index (χ2n) is 5.83. The third-order valence-electron chi connectivity index (χ3n) is 4.24. The van der Waals surface area contributed by atoms with Crippen LogP contribution in [0.3, 0.4) is 0 Å². The summed E-state index contributed by atoms with van der Waals surface area (Å²) < 4.78 is 0. The molecule has 112 valence electrons. The molecule has 2 heterocycles. The molecule has 4 nitrogen and oxygen atoms in total. The predicted octanol–water partition coefficient (Wildman–Crippen LogP) is 2.11. The lowest BCUT2D eigenvalue weighted by Crippen LogP contribution is -2.42. The zero-order valence-electron chi connectivity index (χ0n) is 13.1. The molecule has 1 saturated heterocycles. The van der Waals surface area contributed by atoms with Crippen LogP contribution in [0.1, 0.15) is 31.7 Å². The number of likely N-dealkylation sites (tertiary alicyclic amines) is 1. The van der Waals surface area contributed by atoms with E-state index in [1.54, 1.807) is 0 Å². The number of piperidine rings is 1. The molecule has 0 aromatic carbocycles. The van der Waals surface area contributed by atoms with Crippen molar-refractivity contribution in [1.29, 1.82) is 0 Å². The van der Waals surface area contributed by atoms with E-state index in [4.69, 9.17) is 0 Å². The van der Waals surface area contributed by atoms with Gasteiger partial charge in [-0.3, -0.25) is 4.98 Å². The van der Waals surface area contributed by atoms with Crippen LogP contribution in [-0.2, 0) is 6.54 Å². The van der Waals surface area contributed by atoms with Crippen molar-refractivity contribution in [3.05, 3.63) is 24.0 Å². The van der Waals surface area contributed by atoms with Gasteiger partial charge in [0.1, 0.15) is 0 Å². The molecule has 2 rings (SSSR count). The highest BCUT2D eigenvalue weighted by molar-refractivity contribution is 5.52. The Kier molecular flexibility index (Phi) is 5.80. The molecule has 1 aliphatic heterocycles. The average Bonchev–Trinajstić information content (AvgIpc) is 2.48. The topological polar surface area (TPSA) is 31.4 Å². The summed E-state index contributed by atoms with van der Waals surface area (Å²) in [5.41, 5.74) is 2.64. The Bertz CT molecular complexity index is 399. The van der Waals surface area contributed by atoms with E-state index >= 15 is 0 Å². The van der Waals surface area contributed by atoms with Crippen LogP contribution in [0.5, 0.6) is 0 Å². The molecule has 1 aliphatic rings. The van der Waals surface area contributed by atoms with E-state index < -0.39 is 0 Å². The van der Waals surface area contributed by atoms with Crippen molar-refractivity contribution in [2.24, 2.45) is 0 Å². The fourth-order valence-electron chi connectivity index (χ4n) is 2.88. The van der Waals surface area contributed by atoms with Gasteiger partial charge in [-0.1, -0.05) is 6.92 Å². The molecular weight excluding hydrogens is 248 g/mol. The molecule has 0 atom stereocenters. The maximum atomic E-state index is 4.29. The fourth-order valence-corrected chi connectivity index (χ4v) is 2.88. The molecule has 4 heteroatoms. The quantitative estimate of drug-likeness (QED) is 0.806. The van der Waals surface area contributed by atoms with Crippen LogP contribution in [0.25, 0.3) is 0 Å². The van der Waals surface area contributed by atoms with Crippen LogP contribution < -0.4 is 10.2 Å². The standard InChI is InChI=1S/C16H28N4/c1-4-8-17-12-14-13-18-9-5-16(14)20(3)15-6-10-19(2)11-7-15/h5,9,13,15,17H,4,6-8,10-12H2,1-3H3. The summed E-state index contributed by atoms with van der Waals surface area (Å²) in [7, 11) is 4.44. The van der Waals surface area contributed by atoms with Crippen molar-refractivity contribution < 1.29 is 0 Å². The number of rotatable bonds is 6. The van der Waals surface area contributed by atoms with E-state index in [0.717, 1.165) is 13.1 Å². The summed E-state index contributed by atoms with van der Waals surface area (Å²) in [6, 6.07) is 2.81. The number of anilines is 1. The number of pyridine rings is 1. The summed E-state index contributed by atoms with van der Waals surface area (Å²) >= 11 is 0. The van der Waals surface area contributed by atoms with Gasteiger partial charge in [0.2, 0.25) is 0 Å². The summed E-state index contributed by atoms with van der Waals surface area (Å²) in [6.07, 6.45) is 7.57. The summed E-state index contributed by atoms with van der Waals surface area (Å²) in [5.74, 6) is 0. The Balaban J connectivity index is 2.03.